The van der Waals surface area contributed by atoms with Crippen LogP contribution < -0.4 is 5.32 Å². The molecule has 1 rings (SSSR count). The highest BCUT2D eigenvalue weighted by Crippen LogP contribution is 2.10. The Labute approximate surface area is 118 Å². The highest BCUT2D eigenvalue weighted by molar-refractivity contribution is 5.78. The van der Waals surface area contributed by atoms with Crippen LogP contribution in [0.15, 0.2) is 24.3 Å². The summed E-state index contributed by atoms with van der Waals surface area (Å²) in [6.45, 7) is 14.0. The van der Waals surface area contributed by atoms with E-state index in [1.165, 1.54) is 5.56 Å². The molecule has 19 heavy (non-hydrogen) atoms. The van der Waals surface area contributed by atoms with Gasteiger partial charge in [-0.2, -0.15) is 0 Å². The van der Waals surface area contributed by atoms with Crippen LogP contribution in [0.4, 0.5) is 5.69 Å². The molecule has 0 amide bonds. The van der Waals surface area contributed by atoms with Crippen LogP contribution in [0.25, 0.3) is 0 Å². The Kier molecular flexibility index (Phi) is 13.5. The van der Waals surface area contributed by atoms with Gasteiger partial charge in [0.2, 0.25) is 0 Å². The minimum atomic E-state index is -0.312. The Morgan fingerprint density at radius 2 is 1.63 bits per heavy atom. The molecular weight excluding hydrogens is 238 g/mol. The predicted octanol–water partition coefficient (Wildman–Crippen LogP) is 4.41. The fourth-order valence-corrected chi connectivity index (χ4v) is 1.23. The summed E-state index contributed by atoms with van der Waals surface area (Å²) in [5.74, 6) is -0.224. The number of carbonyl (C=O) groups excluding carboxylic acids is 1. The molecule has 3 nitrogen and oxygen atoms in total. The Hall–Kier alpha value is -1.51. The molecule has 110 valence electrons. The number of esters is 1. The maximum atomic E-state index is 11.3. The SMILES string of the molecule is CC.CC.CCOC(=O)C(C)Nc1ccc(C)cc1. The summed E-state index contributed by atoms with van der Waals surface area (Å²) in [6.07, 6.45) is 0. The molecule has 0 saturated heterocycles. The Morgan fingerprint density at radius 3 is 2.05 bits per heavy atom. The molecule has 0 heterocycles. The van der Waals surface area contributed by atoms with E-state index in [0.29, 0.717) is 6.61 Å². The first-order valence-corrected chi connectivity index (χ1v) is 7.13. The summed E-state index contributed by atoms with van der Waals surface area (Å²) in [5, 5.41) is 3.08. The van der Waals surface area contributed by atoms with Crippen LogP contribution >= 0.6 is 0 Å². The molecule has 1 unspecified atom stereocenters. The molecule has 1 atom stereocenters. The van der Waals surface area contributed by atoms with E-state index in [2.05, 4.69) is 5.32 Å². The lowest BCUT2D eigenvalue weighted by Crippen LogP contribution is -2.28. The van der Waals surface area contributed by atoms with Crippen LogP contribution in [0.3, 0.4) is 0 Å². The van der Waals surface area contributed by atoms with Crippen molar-refractivity contribution in [3.63, 3.8) is 0 Å². The van der Waals surface area contributed by atoms with E-state index in [0.717, 1.165) is 5.69 Å². The van der Waals surface area contributed by atoms with Gasteiger partial charge in [-0.15, -0.1) is 0 Å². The van der Waals surface area contributed by atoms with E-state index >= 15 is 0 Å². The third-order valence-electron chi connectivity index (χ3n) is 2.07. The summed E-state index contributed by atoms with van der Waals surface area (Å²) in [5.41, 5.74) is 2.13. The van der Waals surface area contributed by atoms with Crippen molar-refractivity contribution >= 4 is 11.7 Å². The van der Waals surface area contributed by atoms with E-state index in [9.17, 15) is 4.79 Å². The van der Waals surface area contributed by atoms with E-state index in [-0.39, 0.29) is 12.0 Å². The predicted molar refractivity (Wildman–Crippen MR) is 83.6 cm³/mol. The monoisotopic (exact) mass is 267 g/mol. The maximum absolute atomic E-state index is 11.3. The molecule has 0 bridgehead atoms. The molecule has 0 fully saturated rings. The number of ether oxygens (including phenoxy) is 1. The van der Waals surface area contributed by atoms with Crippen molar-refractivity contribution in [1.29, 1.82) is 0 Å². The Morgan fingerprint density at radius 1 is 1.16 bits per heavy atom. The molecule has 0 aliphatic carbocycles. The zero-order valence-electron chi connectivity index (χ0n) is 13.4. The molecule has 0 aliphatic rings. The molecule has 0 radical (unpaired) electrons. The van der Waals surface area contributed by atoms with E-state index in [4.69, 9.17) is 4.74 Å². The topological polar surface area (TPSA) is 38.3 Å². The standard InChI is InChI=1S/C12H17NO2.2C2H6/c1-4-15-12(14)10(3)13-11-7-5-9(2)6-8-11;2*1-2/h5-8,10,13H,4H2,1-3H3;2*1-2H3. The van der Waals surface area contributed by atoms with Gasteiger partial charge in [0.15, 0.2) is 0 Å². The third kappa shape index (κ3) is 9.11. The molecule has 1 aromatic carbocycles. The molecule has 0 saturated carbocycles. The lowest BCUT2D eigenvalue weighted by atomic mass is 10.2. The second kappa shape index (κ2) is 12.9. The second-order valence-electron chi connectivity index (χ2n) is 3.48. The van der Waals surface area contributed by atoms with Crippen molar-refractivity contribution in [1.82, 2.24) is 0 Å². The summed E-state index contributed by atoms with van der Waals surface area (Å²) in [4.78, 5) is 11.3. The van der Waals surface area contributed by atoms with Crippen molar-refractivity contribution in [3.8, 4) is 0 Å². The minimum absolute atomic E-state index is 0.224. The first kappa shape index (κ1) is 19.8. The quantitative estimate of drug-likeness (QED) is 0.821. The second-order valence-corrected chi connectivity index (χ2v) is 3.48. The van der Waals surface area contributed by atoms with Gasteiger partial charge in [0, 0.05) is 5.69 Å². The number of aryl methyl sites for hydroxylation is 1. The first-order valence-electron chi connectivity index (χ1n) is 7.13. The van der Waals surface area contributed by atoms with E-state index in [1.807, 2.05) is 58.9 Å². The van der Waals surface area contributed by atoms with Crippen LogP contribution in [0.5, 0.6) is 0 Å². The van der Waals surface area contributed by atoms with Gasteiger partial charge in [0.25, 0.3) is 0 Å². The molecular formula is C16H29NO2. The summed E-state index contributed by atoms with van der Waals surface area (Å²) in [6, 6.07) is 7.59. The number of hydrogen-bond donors (Lipinski definition) is 1. The smallest absolute Gasteiger partial charge is 0.328 e. The minimum Gasteiger partial charge on any atom is -0.464 e. The lowest BCUT2D eigenvalue weighted by molar-refractivity contribution is -0.143. The molecule has 1 aromatic rings. The van der Waals surface area contributed by atoms with Gasteiger partial charge in [0.05, 0.1) is 6.61 Å². The fraction of sp³-hybridized carbons (Fsp3) is 0.562. The van der Waals surface area contributed by atoms with Crippen LogP contribution in [-0.2, 0) is 9.53 Å². The van der Waals surface area contributed by atoms with Crippen molar-refractivity contribution < 1.29 is 9.53 Å². The normalized spacial score (nSPS) is 10.1. The number of hydrogen-bond acceptors (Lipinski definition) is 3. The number of carbonyl (C=O) groups is 1. The fourth-order valence-electron chi connectivity index (χ4n) is 1.23. The van der Waals surface area contributed by atoms with Crippen LogP contribution in [0.2, 0.25) is 0 Å². The Bertz CT molecular complexity index is 320. The average molecular weight is 267 g/mol. The number of rotatable bonds is 4. The van der Waals surface area contributed by atoms with Gasteiger partial charge < -0.3 is 10.1 Å². The van der Waals surface area contributed by atoms with Crippen molar-refractivity contribution in [2.75, 3.05) is 11.9 Å². The van der Waals surface area contributed by atoms with Gasteiger partial charge in [-0.25, -0.2) is 4.79 Å². The number of nitrogens with one attached hydrogen (secondary N) is 1. The summed E-state index contributed by atoms with van der Waals surface area (Å²) in [7, 11) is 0. The van der Waals surface area contributed by atoms with Gasteiger partial charge in [0.1, 0.15) is 6.04 Å². The highest BCUT2D eigenvalue weighted by atomic mass is 16.5. The average Bonchev–Trinajstić information content (AvgIpc) is 2.46. The summed E-state index contributed by atoms with van der Waals surface area (Å²) >= 11 is 0. The highest BCUT2D eigenvalue weighted by Gasteiger charge is 2.12. The third-order valence-corrected chi connectivity index (χ3v) is 2.07. The van der Waals surface area contributed by atoms with E-state index < -0.39 is 0 Å². The summed E-state index contributed by atoms with van der Waals surface area (Å²) < 4.78 is 4.90. The molecule has 0 spiro atoms. The zero-order chi connectivity index (χ0) is 15.3. The van der Waals surface area contributed by atoms with Crippen molar-refractivity contribution in [2.24, 2.45) is 0 Å². The maximum Gasteiger partial charge on any atom is 0.328 e. The van der Waals surface area contributed by atoms with E-state index in [1.54, 1.807) is 13.8 Å². The van der Waals surface area contributed by atoms with Crippen LogP contribution in [-0.4, -0.2) is 18.6 Å². The van der Waals surface area contributed by atoms with Crippen LogP contribution in [0.1, 0.15) is 47.1 Å². The first-order chi connectivity index (χ1) is 9.13. The zero-order valence-corrected chi connectivity index (χ0v) is 13.4. The van der Waals surface area contributed by atoms with Gasteiger partial charge in [-0.05, 0) is 32.9 Å². The van der Waals surface area contributed by atoms with Gasteiger partial charge >= 0.3 is 5.97 Å². The Balaban J connectivity index is 0. The molecule has 1 N–H and O–H groups in total. The molecule has 3 heteroatoms. The van der Waals surface area contributed by atoms with Crippen molar-refractivity contribution in [2.45, 2.75) is 54.5 Å². The van der Waals surface area contributed by atoms with Gasteiger partial charge in [-0.3, -0.25) is 0 Å². The van der Waals surface area contributed by atoms with Crippen molar-refractivity contribution in [3.05, 3.63) is 29.8 Å². The number of anilines is 1. The van der Waals surface area contributed by atoms with Crippen LogP contribution in [0, 0.1) is 6.92 Å². The van der Waals surface area contributed by atoms with Gasteiger partial charge in [-0.1, -0.05) is 45.4 Å². The largest absolute Gasteiger partial charge is 0.464 e. The molecule has 0 aromatic heterocycles. The lowest BCUT2D eigenvalue weighted by Gasteiger charge is -2.13. The number of benzene rings is 1. The molecule has 0 aliphatic heterocycles.